The van der Waals surface area contributed by atoms with Crippen molar-refractivity contribution in [2.45, 2.75) is 38.3 Å². The van der Waals surface area contributed by atoms with Gasteiger partial charge in [0.25, 0.3) is 0 Å². The van der Waals surface area contributed by atoms with Crippen LogP contribution in [0.5, 0.6) is 0 Å². The molecule has 0 aliphatic carbocycles. The molecule has 0 spiro atoms. The summed E-state index contributed by atoms with van der Waals surface area (Å²) in [6, 6.07) is 0. The Morgan fingerprint density at radius 3 is 2.44 bits per heavy atom. The average Bonchev–Trinajstić information content (AvgIpc) is 2.10. The van der Waals surface area contributed by atoms with Crippen molar-refractivity contribution in [3.63, 3.8) is 0 Å². The van der Waals surface area contributed by atoms with Crippen LogP contribution >= 0.6 is 0 Å². The Morgan fingerprint density at radius 1 is 1.56 bits per heavy atom. The minimum Gasteiger partial charge on any atom is -0.390 e. The van der Waals surface area contributed by atoms with Crippen molar-refractivity contribution < 1.29 is 14.9 Å². The molecular formula is C6H12O3. The maximum absolute atomic E-state index is 9.07. The van der Waals surface area contributed by atoms with Crippen molar-refractivity contribution in [2.75, 3.05) is 0 Å². The van der Waals surface area contributed by atoms with Gasteiger partial charge in [-0.15, -0.1) is 0 Å². The van der Waals surface area contributed by atoms with Crippen LogP contribution in [0, 0.1) is 0 Å². The lowest BCUT2D eigenvalue weighted by atomic mass is 10.1. The second kappa shape index (κ2) is 2.64. The van der Waals surface area contributed by atoms with Crippen LogP contribution in [0.25, 0.3) is 0 Å². The van der Waals surface area contributed by atoms with E-state index in [1.54, 1.807) is 0 Å². The highest BCUT2D eigenvalue weighted by molar-refractivity contribution is 4.75. The van der Waals surface area contributed by atoms with Gasteiger partial charge in [0.2, 0.25) is 0 Å². The SMILES string of the molecule is CCC1OC(O)CC1O. The third-order valence-electron chi connectivity index (χ3n) is 1.61. The summed E-state index contributed by atoms with van der Waals surface area (Å²) in [4.78, 5) is 0. The monoisotopic (exact) mass is 132 g/mol. The van der Waals surface area contributed by atoms with E-state index < -0.39 is 12.4 Å². The third kappa shape index (κ3) is 1.41. The molecule has 1 aliphatic heterocycles. The number of hydrogen-bond donors (Lipinski definition) is 2. The molecule has 0 aromatic carbocycles. The molecule has 1 fully saturated rings. The second-order valence-electron chi connectivity index (χ2n) is 2.34. The summed E-state index contributed by atoms with van der Waals surface area (Å²) in [6.45, 7) is 1.92. The predicted octanol–water partition coefficient (Wildman–Crippen LogP) is -0.135. The van der Waals surface area contributed by atoms with Crippen molar-refractivity contribution in [1.82, 2.24) is 0 Å². The van der Waals surface area contributed by atoms with Crippen LogP contribution in [0.2, 0.25) is 0 Å². The first kappa shape index (κ1) is 6.99. The maximum atomic E-state index is 9.07. The molecule has 1 aliphatic rings. The molecule has 3 heteroatoms. The summed E-state index contributed by atoms with van der Waals surface area (Å²) >= 11 is 0. The third-order valence-corrected chi connectivity index (χ3v) is 1.61. The van der Waals surface area contributed by atoms with Crippen LogP contribution < -0.4 is 0 Å². The first-order valence-electron chi connectivity index (χ1n) is 3.25. The quantitative estimate of drug-likeness (QED) is 0.522. The molecule has 3 unspecified atom stereocenters. The van der Waals surface area contributed by atoms with E-state index in [0.717, 1.165) is 6.42 Å². The fourth-order valence-electron chi connectivity index (χ4n) is 1.07. The molecule has 1 rings (SSSR count). The Labute approximate surface area is 54.3 Å². The summed E-state index contributed by atoms with van der Waals surface area (Å²) in [5.41, 5.74) is 0. The van der Waals surface area contributed by atoms with Gasteiger partial charge in [0.05, 0.1) is 12.2 Å². The van der Waals surface area contributed by atoms with Crippen LogP contribution in [0.15, 0.2) is 0 Å². The molecule has 0 radical (unpaired) electrons. The molecule has 2 N–H and O–H groups in total. The number of aliphatic hydroxyl groups is 2. The molecule has 3 nitrogen and oxygen atoms in total. The van der Waals surface area contributed by atoms with Crippen LogP contribution in [0.1, 0.15) is 19.8 Å². The topological polar surface area (TPSA) is 49.7 Å². The second-order valence-corrected chi connectivity index (χ2v) is 2.34. The molecule has 0 aromatic heterocycles. The zero-order valence-corrected chi connectivity index (χ0v) is 5.45. The van der Waals surface area contributed by atoms with Gasteiger partial charge in [-0.2, -0.15) is 0 Å². The first-order chi connectivity index (χ1) is 4.24. The van der Waals surface area contributed by atoms with Crippen LogP contribution in [0.3, 0.4) is 0 Å². The van der Waals surface area contributed by atoms with Crippen molar-refractivity contribution in [2.24, 2.45) is 0 Å². The van der Waals surface area contributed by atoms with Gasteiger partial charge >= 0.3 is 0 Å². The lowest BCUT2D eigenvalue weighted by molar-refractivity contribution is -0.0953. The molecule has 0 aromatic rings. The predicted molar refractivity (Wildman–Crippen MR) is 31.8 cm³/mol. The highest BCUT2D eigenvalue weighted by Crippen LogP contribution is 2.20. The van der Waals surface area contributed by atoms with E-state index in [4.69, 9.17) is 14.9 Å². The smallest absolute Gasteiger partial charge is 0.157 e. The summed E-state index contributed by atoms with van der Waals surface area (Å²) in [5, 5.41) is 17.9. The number of rotatable bonds is 1. The molecule has 3 atom stereocenters. The molecule has 1 heterocycles. The average molecular weight is 132 g/mol. The van der Waals surface area contributed by atoms with Gasteiger partial charge in [-0.3, -0.25) is 0 Å². The normalized spacial score (nSPS) is 43.7. The van der Waals surface area contributed by atoms with E-state index in [9.17, 15) is 0 Å². The van der Waals surface area contributed by atoms with Crippen molar-refractivity contribution >= 4 is 0 Å². The zero-order valence-electron chi connectivity index (χ0n) is 5.45. The summed E-state index contributed by atoms with van der Waals surface area (Å²) in [6.07, 6.45) is -0.244. The van der Waals surface area contributed by atoms with Gasteiger partial charge in [0.15, 0.2) is 6.29 Å². The standard InChI is InChI=1S/C6H12O3/c1-2-5-4(7)3-6(8)9-5/h4-8H,2-3H2,1H3. The van der Waals surface area contributed by atoms with Gasteiger partial charge in [0, 0.05) is 6.42 Å². The van der Waals surface area contributed by atoms with E-state index >= 15 is 0 Å². The van der Waals surface area contributed by atoms with Crippen LogP contribution in [-0.4, -0.2) is 28.7 Å². The van der Waals surface area contributed by atoms with Gasteiger partial charge in [0.1, 0.15) is 0 Å². The summed E-state index contributed by atoms with van der Waals surface area (Å²) in [5.74, 6) is 0. The molecule has 1 saturated heterocycles. The Bertz CT molecular complexity index is 94.3. The Hall–Kier alpha value is -0.120. The van der Waals surface area contributed by atoms with Gasteiger partial charge in [-0.1, -0.05) is 6.92 Å². The van der Waals surface area contributed by atoms with E-state index in [1.165, 1.54) is 0 Å². The summed E-state index contributed by atoms with van der Waals surface area (Å²) in [7, 11) is 0. The highest BCUT2D eigenvalue weighted by atomic mass is 16.6. The number of ether oxygens (including phenoxy) is 1. The minimum absolute atomic E-state index is 0.153. The van der Waals surface area contributed by atoms with E-state index in [0.29, 0.717) is 6.42 Å². The first-order valence-corrected chi connectivity index (χ1v) is 3.25. The summed E-state index contributed by atoms with van der Waals surface area (Å²) < 4.78 is 4.93. The number of aliphatic hydroxyl groups excluding tert-OH is 2. The van der Waals surface area contributed by atoms with Crippen molar-refractivity contribution in [3.8, 4) is 0 Å². The van der Waals surface area contributed by atoms with E-state index in [2.05, 4.69) is 0 Å². The fraction of sp³-hybridized carbons (Fsp3) is 1.00. The Balaban J connectivity index is 2.38. The molecule has 54 valence electrons. The zero-order chi connectivity index (χ0) is 6.85. The van der Waals surface area contributed by atoms with Gasteiger partial charge in [-0.05, 0) is 6.42 Å². The number of hydrogen-bond acceptors (Lipinski definition) is 3. The molecule has 0 bridgehead atoms. The van der Waals surface area contributed by atoms with Gasteiger partial charge in [-0.25, -0.2) is 0 Å². The van der Waals surface area contributed by atoms with Crippen molar-refractivity contribution in [1.29, 1.82) is 0 Å². The van der Waals surface area contributed by atoms with E-state index in [-0.39, 0.29) is 6.10 Å². The molecular weight excluding hydrogens is 120 g/mol. The Kier molecular flexibility index (Phi) is 2.05. The lowest BCUT2D eigenvalue weighted by Crippen LogP contribution is -2.19. The lowest BCUT2D eigenvalue weighted by Gasteiger charge is -2.08. The Morgan fingerprint density at radius 2 is 2.22 bits per heavy atom. The molecule has 9 heavy (non-hydrogen) atoms. The van der Waals surface area contributed by atoms with Crippen molar-refractivity contribution in [3.05, 3.63) is 0 Å². The molecule has 0 saturated carbocycles. The fourth-order valence-corrected chi connectivity index (χ4v) is 1.07. The minimum atomic E-state index is -0.745. The van der Waals surface area contributed by atoms with Crippen LogP contribution in [0.4, 0.5) is 0 Å². The molecule has 0 amide bonds. The van der Waals surface area contributed by atoms with Crippen LogP contribution in [-0.2, 0) is 4.74 Å². The van der Waals surface area contributed by atoms with Gasteiger partial charge < -0.3 is 14.9 Å². The largest absolute Gasteiger partial charge is 0.390 e. The van der Waals surface area contributed by atoms with E-state index in [1.807, 2.05) is 6.92 Å². The highest BCUT2D eigenvalue weighted by Gasteiger charge is 2.30. The maximum Gasteiger partial charge on any atom is 0.157 e.